The van der Waals surface area contributed by atoms with Gasteiger partial charge in [0, 0.05) is 4.47 Å². The topological polar surface area (TPSA) is 55.0 Å². The Morgan fingerprint density at radius 3 is 2.86 bits per heavy atom. The Bertz CT molecular complexity index is 874. The lowest BCUT2D eigenvalue weighted by molar-refractivity contribution is 0.318. The molecule has 0 bridgehead atoms. The minimum atomic E-state index is -0.151. The third-order valence-electron chi connectivity index (χ3n) is 3.27. The SMILES string of the molecule is CCCOc1ccc(Br)cc1-c1nc2ccccc2c(=O)[nH]1. The van der Waals surface area contributed by atoms with Gasteiger partial charge in [-0.1, -0.05) is 35.0 Å². The molecule has 0 aliphatic rings. The first-order valence-corrected chi connectivity index (χ1v) is 7.90. The van der Waals surface area contributed by atoms with Gasteiger partial charge < -0.3 is 9.72 Å². The van der Waals surface area contributed by atoms with E-state index in [1.54, 1.807) is 6.07 Å². The Morgan fingerprint density at radius 1 is 1.23 bits per heavy atom. The molecule has 0 aliphatic carbocycles. The minimum absolute atomic E-state index is 0.151. The first-order chi connectivity index (χ1) is 10.7. The molecule has 22 heavy (non-hydrogen) atoms. The summed E-state index contributed by atoms with van der Waals surface area (Å²) in [4.78, 5) is 19.6. The molecule has 112 valence electrons. The van der Waals surface area contributed by atoms with Crippen LogP contribution in [0.3, 0.4) is 0 Å². The van der Waals surface area contributed by atoms with Crippen molar-refractivity contribution in [2.75, 3.05) is 6.61 Å². The molecule has 0 atom stereocenters. The molecule has 1 heterocycles. The highest BCUT2D eigenvalue weighted by Crippen LogP contribution is 2.31. The van der Waals surface area contributed by atoms with Crippen LogP contribution in [-0.4, -0.2) is 16.6 Å². The zero-order chi connectivity index (χ0) is 15.5. The summed E-state index contributed by atoms with van der Waals surface area (Å²) in [7, 11) is 0. The Balaban J connectivity index is 2.18. The van der Waals surface area contributed by atoms with Crippen LogP contribution in [0, 0.1) is 0 Å². The summed E-state index contributed by atoms with van der Waals surface area (Å²) in [5.74, 6) is 1.22. The molecule has 4 nitrogen and oxygen atoms in total. The van der Waals surface area contributed by atoms with E-state index in [1.165, 1.54) is 0 Å². The van der Waals surface area contributed by atoms with Gasteiger partial charge in [-0.05, 0) is 36.8 Å². The Labute approximate surface area is 136 Å². The van der Waals surface area contributed by atoms with Crippen molar-refractivity contribution in [2.45, 2.75) is 13.3 Å². The average molecular weight is 359 g/mol. The number of hydrogen-bond donors (Lipinski definition) is 1. The van der Waals surface area contributed by atoms with Crippen molar-refractivity contribution in [3.05, 3.63) is 57.3 Å². The molecule has 3 rings (SSSR count). The molecule has 0 saturated heterocycles. The van der Waals surface area contributed by atoms with E-state index in [4.69, 9.17) is 4.74 Å². The maximum absolute atomic E-state index is 12.2. The van der Waals surface area contributed by atoms with E-state index in [0.717, 1.165) is 16.5 Å². The fourth-order valence-corrected chi connectivity index (χ4v) is 2.60. The molecule has 3 aromatic rings. The zero-order valence-corrected chi connectivity index (χ0v) is 13.7. The lowest BCUT2D eigenvalue weighted by Gasteiger charge is -2.11. The second-order valence-corrected chi connectivity index (χ2v) is 5.84. The van der Waals surface area contributed by atoms with E-state index in [2.05, 4.69) is 32.8 Å². The second kappa shape index (κ2) is 6.32. The molecule has 0 amide bonds. The minimum Gasteiger partial charge on any atom is -0.493 e. The van der Waals surface area contributed by atoms with E-state index in [0.29, 0.717) is 29.1 Å². The maximum atomic E-state index is 12.2. The lowest BCUT2D eigenvalue weighted by Crippen LogP contribution is -2.10. The number of rotatable bonds is 4. The van der Waals surface area contributed by atoms with Crippen molar-refractivity contribution in [2.24, 2.45) is 0 Å². The van der Waals surface area contributed by atoms with Crippen molar-refractivity contribution in [3.63, 3.8) is 0 Å². The van der Waals surface area contributed by atoms with Crippen LogP contribution in [-0.2, 0) is 0 Å². The molecule has 1 aromatic heterocycles. The predicted octanol–water partition coefficient (Wildman–Crippen LogP) is 4.14. The van der Waals surface area contributed by atoms with Crippen molar-refractivity contribution in [3.8, 4) is 17.1 Å². The monoisotopic (exact) mass is 358 g/mol. The van der Waals surface area contributed by atoms with Gasteiger partial charge in [0.05, 0.1) is 23.1 Å². The van der Waals surface area contributed by atoms with Gasteiger partial charge in [0.25, 0.3) is 5.56 Å². The number of aromatic amines is 1. The van der Waals surface area contributed by atoms with Crippen LogP contribution in [0.25, 0.3) is 22.3 Å². The summed E-state index contributed by atoms with van der Waals surface area (Å²) in [5.41, 5.74) is 1.29. The van der Waals surface area contributed by atoms with Gasteiger partial charge in [0.1, 0.15) is 11.6 Å². The van der Waals surface area contributed by atoms with Gasteiger partial charge in [-0.2, -0.15) is 0 Å². The number of ether oxygens (including phenoxy) is 1. The number of fused-ring (bicyclic) bond motifs is 1. The zero-order valence-electron chi connectivity index (χ0n) is 12.1. The van der Waals surface area contributed by atoms with Crippen molar-refractivity contribution in [1.29, 1.82) is 0 Å². The van der Waals surface area contributed by atoms with E-state index in [9.17, 15) is 4.79 Å². The van der Waals surface area contributed by atoms with Crippen LogP contribution in [0.4, 0.5) is 0 Å². The van der Waals surface area contributed by atoms with Crippen LogP contribution in [0.2, 0.25) is 0 Å². The van der Waals surface area contributed by atoms with Gasteiger partial charge in [-0.25, -0.2) is 4.98 Å². The predicted molar refractivity (Wildman–Crippen MR) is 91.3 cm³/mol. The molecule has 0 spiro atoms. The number of H-pyrrole nitrogens is 1. The van der Waals surface area contributed by atoms with Crippen molar-refractivity contribution >= 4 is 26.8 Å². The van der Waals surface area contributed by atoms with Gasteiger partial charge >= 0.3 is 0 Å². The number of nitrogens with zero attached hydrogens (tertiary/aromatic N) is 1. The molecular formula is C17H15BrN2O2. The van der Waals surface area contributed by atoms with Crippen LogP contribution in [0.15, 0.2) is 51.7 Å². The van der Waals surface area contributed by atoms with Crippen LogP contribution >= 0.6 is 15.9 Å². The third-order valence-corrected chi connectivity index (χ3v) is 3.76. The molecule has 0 saturated carbocycles. The highest BCUT2D eigenvalue weighted by Gasteiger charge is 2.11. The maximum Gasteiger partial charge on any atom is 0.259 e. The fourth-order valence-electron chi connectivity index (χ4n) is 2.24. The van der Waals surface area contributed by atoms with Crippen LogP contribution in [0.5, 0.6) is 5.75 Å². The Kier molecular flexibility index (Phi) is 4.24. The number of para-hydroxylation sites is 1. The molecule has 0 aliphatic heterocycles. The quantitative estimate of drug-likeness (QED) is 0.762. The number of halogens is 1. The highest BCUT2D eigenvalue weighted by atomic mass is 79.9. The first-order valence-electron chi connectivity index (χ1n) is 7.11. The summed E-state index contributed by atoms with van der Waals surface area (Å²) in [5, 5.41) is 0.581. The lowest BCUT2D eigenvalue weighted by atomic mass is 10.1. The third kappa shape index (κ3) is 2.90. The molecule has 0 fully saturated rings. The highest BCUT2D eigenvalue weighted by molar-refractivity contribution is 9.10. The molecule has 5 heteroatoms. The average Bonchev–Trinajstić information content (AvgIpc) is 2.53. The summed E-state index contributed by atoms with van der Waals surface area (Å²) in [6, 6.07) is 13.0. The van der Waals surface area contributed by atoms with Gasteiger partial charge in [0.15, 0.2) is 0 Å². The second-order valence-electron chi connectivity index (χ2n) is 4.92. The molecular weight excluding hydrogens is 344 g/mol. The molecule has 2 aromatic carbocycles. The molecule has 0 radical (unpaired) electrons. The summed E-state index contributed by atoms with van der Waals surface area (Å²) < 4.78 is 6.67. The number of aromatic nitrogens is 2. The molecule has 1 N–H and O–H groups in total. The van der Waals surface area contributed by atoms with Crippen molar-refractivity contribution in [1.82, 2.24) is 9.97 Å². The fraction of sp³-hybridized carbons (Fsp3) is 0.176. The van der Waals surface area contributed by atoms with E-state index < -0.39 is 0 Å². The number of nitrogens with one attached hydrogen (secondary N) is 1. The van der Waals surface area contributed by atoms with E-state index in [-0.39, 0.29) is 5.56 Å². The number of hydrogen-bond acceptors (Lipinski definition) is 3. The Hall–Kier alpha value is -2.14. The van der Waals surface area contributed by atoms with Crippen LogP contribution < -0.4 is 10.3 Å². The van der Waals surface area contributed by atoms with E-state index in [1.807, 2.05) is 36.4 Å². The van der Waals surface area contributed by atoms with E-state index >= 15 is 0 Å². The smallest absolute Gasteiger partial charge is 0.259 e. The van der Waals surface area contributed by atoms with Gasteiger partial charge in [-0.15, -0.1) is 0 Å². The summed E-state index contributed by atoms with van der Waals surface area (Å²) >= 11 is 3.45. The number of benzene rings is 2. The largest absolute Gasteiger partial charge is 0.493 e. The Morgan fingerprint density at radius 2 is 2.05 bits per heavy atom. The normalized spacial score (nSPS) is 10.8. The molecule has 0 unspecified atom stereocenters. The summed E-state index contributed by atoms with van der Waals surface area (Å²) in [6.07, 6.45) is 0.914. The van der Waals surface area contributed by atoms with Crippen molar-refractivity contribution < 1.29 is 4.74 Å². The first kappa shape index (κ1) is 14.8. The summed E-state index contributed by atoms with van der Waals surface area (Å²) in [6.45, 7) is 2.67. The standard InChI is InChI=1S/C17H15BrN2O2/c1-2-9-22-15-8-7-11(18)10-13(15)16-19-14-6-4-3-5-12(14)17(21)20-16/h3-8,10H,2,9H2,1H3,(H,19,20,21). The van der Waals surface area contributed by atoms with Gasteiger partial charge in [0.2, 0.25) is 0 Å². The van der Waals surface area contributed by atoms with Gasteiger partial charge in [-0.3, -0.25) is 4.79 Å². The van der Waals surface area contributed by atoms with Crippen LogP contribution in [0.1, 0.15) is 13.3 Å².